The summed E-state index contributed by atoms with van der Waals surface area (Å²) < 4.78 is 0. The second-order valence-corrected chi connectivity index (χ2v) is 5.03. The Balaban J connectivity index is 1.70. The minimum Gasteiger partial charge on any atom is -0.342 e. The summed E-state index contributed by atoms with van der Waals surface area (Å²) in [6.07, 6.45) is 3.63. The van der Waals surface area contributed by atoms with Crippen LogP contribution >= 0.6 is 0 Å². The Morgan fingerprint density at radius 1 is 1.33 bits per heavy atom. The lowest BCUT2D eigenvalue weighted by molar-refractivity contribution is -0.135. The summed E-state index contributed by atoms with van der Waals surface area (Å²) in [4.78, 5) is 13.9. The molecule has 12 heavy (non-hydrogen) atoms. The van der Waals surface area contributed by atoms with Crippen LogP contribution in [0, 0.1) is 17.3 Å². The van der Waals surface area contributed by atoms with Crippen molar-refractivity contribution in [1.82, 2.24) is 4.90 Å². The molecule has 1 amide bonds. The molecule has 3 fully saturated rings. The van der Waals surface area contributed by atoms with E-state index < -0.39 is 0 Å². The van der Waals surface area contributed by atoms with E-state index in [1.165, 1.54) is 6.42 Å². The van der Waals surface area contributed by atoms with Crippen molar-refractivity contribution in [3.63, 3.8) is 0 Å². The van der Waals surface area contributed by atoms with Crippen molar-refractivity contribution < 1.29 is 4.79 Å². The Bertz CT molecular complexity index is 234. The third-order valence-electron chi connectivity index (χ3n) is 3.78. The molecule has 2 heteroatoms. The van der Waals surface area contributed by atoms with Crippen LogP contribution in [-0.2, 0) is 4.79 Å². The zero-order valence-electron chi connectivity index (χ0n) is 7.55. The second kappa shape index (κ2) is 1.86. The van der Waals surface area contributed by atoms with E-state index in [1.54, 1.807) is 0 Å². The molecule has 0 aromatic rings. The molecule has 1 heterocycles. The van der Waals surface area contributed by atoms with Gasteiger partial charge in [-0.1, -0.05) is 6.92 Å². The zero-order valence-corrected chi connectivity index (χ0v) is 7.55. The van der Waals surface area contributed by atoms with Crippen LogP contribution in [0.5, 0.6) is 0 Å². The first-order valence-corrected chi connectivity index (χ1v) is 4.98. The van der Waals surface area contributed by atoms with Crippen molar-refractivity contribution in [2.75, 3.05) is 13.1 Å². The maximum absolute atomic E-state index is 11.8. The first-order valence-electron chi connectivity index (χ1n) is 4.98. The first kappa shape index (κ1) is 6.93. The summed E-state index contributed by atoms with van der Waals surface area (Å²) in [6.45, 7) is 4.25. The molecule has 1 saturated heterocycles. The van der Waals surface area contributed by atoms with Crippen molar-refractivity contribution in [3.05, 3.63) is 0 Å². The van der Waals surface area contributed by atoms with Gasteiger partial charge in [-0.05, 0) is 31.1 Å². The molecule has 2 saturated carbocycles. The monoisotopic (exact) mass is 165 g/mol. The Kier molecular flexibility index (Phi) is 1.07. The fourth-order valence-electron chi connectivity index (χ4n) is 2.35. The molecule has 0 spiro atoms. The SMILES string of the molecule is CC1(C(=O)N2CC3CC3C2)CC1. The highest BCUT2D eigenvalue weighted by Crippen LogP contribution is 2.51. The summed E-state index contributed by atoms with van der Waals surface area (Å²) in [5.41, 5.74) is 0.0662. The highest BCUT2D eigenvalue weighted by atomic mass is 16.2. The first-order chi connectivity index (χ1) is 5.69. The van der Waals surface area contributed by atoms with Crippen molar-refractivity contribution in [3.8, 4) is 0 Å². The Labute approximate surface area is 72.9 Å². The van der Waals surface area contributed by atoms with Crippen LogP contribution in [0.2, 0.25) is 0 Å². The van der Waals surface area contributed by atoms with Crippen LogP contribution < -0.4 is 0 Å². The molecule has 0 aromatic carbocycles. The van der Waals surface area contributed by atoms with E-state index in [0.29, 0.717) is 5.91 Å². The van der Waals surface area contributed by atoms with Gasteiger partial charge in [0.2, 0.25) is 5.91 Å². The summed E-state index contributed by atoms with van der Waals surface area (Å²) in [5.74, 6) is 2.21. The summed E-state index contributed by atoms with van der Waals surface area (Å²) in [7, 11) is 0. The normalized spacial score (nSPS) is 40.9. The lowest BCUT2D eigenvalue weighted by Crippen LogP contribution is -2.35. The molecule has 0 aromatic heterocycles. The highest BCUT2D eigenvalue weighted by molar-refractivity contribution is 5.85. The molecule has 2 atom stereocenters. The zero-order chi connectivity index (χ0) is 8.34. The maximum atomic E-state index is 11.8. The lowest BCUT2D eigenvalue weighted by atomic mass is 10.1. The predicted molar refractivity (Wildman–Crippen MR) is 45.5 cm³/mol. The predicted octanol–water partition coefficient (Wildman–Crippen LogP) is 1.26. The summed E-state index contributed by atoms with van der Waals surface area (Å²) >= 11 is 0. The molecular formula is C10H15NO. The van der Waals surface area contributed by atoms with E-state index in [0.717, 1.165) is 37.8 Å². The molecule has 0 bridgehead atoms. The van der Waals surface area contributed by atoms with Gasteiger partial charge in [-0.3, -0.25) is 4.79 Å². The Morgan fingerprint density at radius 3 is 2.42 bits per heavy atom. The number of carbonyl (C=O) groups is 1. The molecule has 2 unspecified atom stereocenters. The van der Waals surface area contributed by atoms with Crippen molar-refractivity contribution >= 4 is 5.91 Å². The fraction of sp³-hybridized carbons (Fsp3) is 0.900. The molecule has 2 aliphatic carbocycles. The Hall–Kier alpha value is -0.530. The maximum Gasteiger partial charge on any atom is 0.228 e. The number of amides is 1. The van der Waals surface area contributed by atoms with Gasteiger partial charge in [-0.15, -0.1) is 0 Å². The lowest BCUT2D eigenvalue weighted by Gasteiger charge is -2.21. The van der Waals surface area contributed by atoms with Gasteiger partial charge < -0.3 is 4.90 Å². The molecule has 2 nitrogen and oxygen atoms in total. The number of hydrogen-bond donors (Lipinski definition) is 0. The molecule has 3 rings (SSSR count). The summed E-state index contributed by atoms with van der Waals surface area (Å²) in [6, 6.07) is 0. The molecule has 0 radical (unpaired) electrons. The van der Waals surface area contributed by atoms with E-state index in [1.807, 2.05) is 0 Å². The van der Waals surface area contributed by atoms with Gasteiger partial charge in [0.15, 0.2) is 0 Å². The van der Waals surface area contributed by atoms with Gasteiger partial charge in [0.25, 0.3) is 0 Å². The average Bonchev–Trinajstić information content (AvgIpc) is 2.94. The number of carbonyl (C=O) groups excluding carboxylic acids is 1. The average molecular weight is 165 g/mol. The quantitative estimate of drug-likeness (QED) is 0.573. The molecule has 3 aliphatic rings. The topological polar surface area (TPSA) is 20.3 Å². The van der Waals surface area contributed by atoms with Crippen LogP contribution in [0.1, 0.15) is 26.2 Å². The number of hydrogen-bond acceptors (Lipinski definition) is 1. The minimum atomic E-state index is 0.0662. The number of nitrogens with zero attached hydrogens (tertiary/aromatic N) is 1. The third kappa shape index (κ3) is 0.838. The van der Waals surface area contributed by atoms with Gasteiger partial charge in [-0.2, -0.15) is 0 Å². The minimum absolute atomic E-state index is 0.0662. The number of fused-ring (bicyclic) bond motifs is 1. The van der Waals surface area contributed by atoms with Crippen LogP contribution in [0.3, 0.4) is 0 Å². The molecule has 1 aliphatic heterocycles. The van der Waals surface area contributed by atoms with Crippen LogP contribution in [0.25, 0.3) is 0 Å². The van der Waals surface area contributed by atoms with E-state index in [4.69, 9.17) is 0 Å². The highest BCUT2D eigenvalue weighted by Gasteiger charge is 2.53. The van der Waals surface area contributed by atoms with Gasteiger partial charge in [-0.25, -0.2) is 0 Å². The number of piperidine rings is 1. The van der Waals surface area contributed by atoms with Crippen LogP contribution in [0.4, 0.5) is 0 Å². The second-order valence-electron chi connectivity index (χ2n) is 5.03. The third-order valence-corrected chi connectivity index (χ3v) is 3.78. The van der Waals surface area contributed by atoms with Gasteiger partial charge in [0.1, 0.15) is 0 Å². The van der Waals surface area contributed by atoms with Crippen LogP contribution in [-0.4, -0.2) is 23.9 Å². The number of rotatable bonds is 1. The van der Waals surface area contributed by atoms with Gasteiger partial charge in [0, 0.05) is 18.5 Å². The summed E-state index contributed by atoms with van der Waals surface area (Å²) in [5, 5.41) is 0. The van der Waals surface area contributed by atoms with Crippen molar-refractivity contribution in [2.45, 2.75) is 26.2 Å². The molecular weight excluding hydrogens is 150 g/mol. The van der Waals surface area contributed by atoms with Crippen molar-refractivity contribution in [1.29, 1.82) is 0 Å². The van der Waals surface area contributed by atoms with E-state index >= 15 is 0 Å². The largest absolute Gasteiger partial charge is 0.342 e. The molecule has 0 N–H and O–H groups in total. The van der Waals surface area contributed by atoms with Crippen LogP contribution in [0.15, 0.2) is 0 Å². The Morgan fingerprint density at radius 2 is 1.92 bits per heavy atom. The van der Waals surface area contributed by atoms with E-state index in [2.05, 4.69) is 11.8 Å². The van der Waals surface area contributed by atoms with Gasteiger partial charge >= 0.3 is 0 Å². The van der Waals surface area contributed by atoms with Gasteiger partial charge in [0.05, 0.1) is 0 Å². The van der Waals surface area contributed by atoms with E-state index in [9.17, 15) is 4.79 Å². The number of likely N-dealkylation sites (tertiary alicyclic amines) is 1. The van der Waals surface area contributed by atoms with Crippen molar-refractivity contribution in [2.24, 2.45) is 17.3 Å². The van der Waals surface area contributed by atoms with E-state index in [-0.39, 0.29) is 5.41 Å². The molecule has 66 valence electrons. The fourth-order valence-corrected chi connectivity index (χ4v) is 2.35. The smallest absolute Gasteiger partial charge is 0.228 e. The standard InChI is InChI=1S/C10H15NO/c1-10(2-3-10)9(12)11-5-7-4-8(7)6-11/h7-8H,2-6H2,1H3.